The van der Waals surface area contributed by atoms with Gasteiger partial charge in [-0.25, -0.2) is 9.97 Å². The normalized spacial score (nSPS) is 15.7. The lowest BCUT2D eigenvalue weighted by molar-refractivity contribution is 0.336. The van der Waals surface area contributed by atoms with Gasteiger partial charge in [-0.15, -0.1) is 11.3 Å². The van der Waals surface area contributed by atoms with Crippen molar-refractivity contribution < 1.29 is 0 Å². The molecule has 1 aliphatic rings. The molecule has 3 rings (SSSR count). The van der Waals surface area contributed by atoms with Crippen molar-refractivity contribution in [2.24, 2.45) is 10.7 Å². The number of aryl methyl sites for hydroxylation is 1. The summed E-state index contributed by atoms with van der Waals surface area (Å²) in [7, 11) is 0. The molecule has 3 heterocycles. The van der Waals surface area contributed by atoms with Gasteiger partial charge in [-0.2, -0.15) is 0 Å². The molecule has 0 atom stereocenters. The molecule has 2 aromatic rings. The molecule has 3 N–H and O–H groups in total. The highest BCUT2D eigenvalue weighted by Gasteiger charge is 2.12. The van der Waals surface area contributed by atoms with Crippen molar-refractivity contribution in [3.63, 3.8) is 0 Å². The maximum atomic E-state index is 6.00. The number of rotatable bonds is 6. The third kappa shape index (κ3) is 4.76. The Morgan fingerprint density at radius 1 is 1.32 bits per heavy atom. The van der Waals surface area contributed by atoms with E-state index in [2.05, 4.69) is 36.6 Å². The first-order valence-electron chi connectivity index (χ1n) is 8.82. The van der Waals surface area contributed by atoms with Gasteiger partial charge in [0.1, 0.15) is 0 Å². The molecule has 0 radical (unpaired) electrons. The predicted octanol–water partition coefficient (Wildman–Crippen LogP) is 3.03. The van der Waals surface area contributed by atoms with Crippen LogP contribution in [0.15, 0.2) is 22.5 Å². The summed E-state index contributed by atoms with van der Waals surface area (Å²) in [6, 6.07) is 4.10. The molecule has 25 heavy (non-hydrogen) atoms. The molecule has 0 unspecified atom stereocenters. The fourth-order valence-corrected chi connectivity index (χ4v) is 3.76. The van der Waals surface area contributed by atoms with Gasteiger partial charge in [-0.05, 0) is 69.8 Å². The van der Waals surface area contributed by atoms with Crippen molar-refractivity contribution in [2.75, 3.05) is 31.5 Å². The Balaban J connectivity index is 1.60. The zero-order chi connectivity index (χ0) is 17.6. The molecule has 0 saturated carbocycles. The average molecular weight is 359 g/mol. The monoisotopic (exact) mass is 358 g/mol. The van der Waals surface area contributed by atoms with E-state index in [1.807, 2.05) is 19.9 Å². The molecule has 0 spiro atoms. The van der Waals surface area contributed by atoms with Crippen molar-refractivity contribution in [3.05, 3.63) is 28.8 Å². The Kier molecular flexibility index (Phi) is 5.99. The molecular formula is C18H26N6S. The molecular weight excluding hydrogens is 332 g/mol. The highest BCUT2D eigenvalue weighted by molar-refractivity contribution is 7.13. The molecule has 6 nitrogen and oxygen atoms in total. The minimum atomic E-state index is 0.377. The van der Waals surface area contributed by atoms with Crippen molar-refractivity contribution in [2.45, 2.75) is 33.1 Å². The maximum Gasteiger partial charge on any atom is 0.230 e. The summed E-state index contributed by atoms with van der Waals surface area (Å²) in [5, 5.41) is 5.09. The van der Waals surface area contributed by atoms with Crippen LogP contribution in [0.25, 0.3) is 10.6 Å². The quantitative estimate of drug-likeness (QED) is 0.471. The lowest BCUT2D eigenvalue weighted by Crippen LogP contribution is -2.25. The molecule has 1 fully saturated rings. The van der Waals surface area contributed by atoms with E-state index in [0.29, 0.717) is 11.9 Å². The molecule has 0 bridgehead atoms. The zero-order valence-corrected chi connectivity index (χ0v) is 15.8. The van der Waals surface area contributed by atoms with Gasteiger partial charge < -0.3 is 10.6 Å². The number of nitrogens with one attached hydrogen (secondary N) is 1. The second-order valence-electron chi connectivity index (χ2n) is 6.38. The standard InChI is InChI=1S/C18H26N6S/c1-13-14(2)21-18(22-16(13)15-7-5-12-25-15)23-17(19)20-8-6-11-24-9-3-4-10-24/h5,7,12H,3-4,6,8-11H2,1-2H3,(H3,19,20,21,22,23). The molecule has 1 saturated heterocycles. The summed E-state index contributed by atoms with van der Waals surface area (Å²) >= 11 is 1.67. The van der Waals surface area contributed by atoms with E-state index in [9.17, 15) is 0 Å². The van der Waals surface area contributed by atoms with E-state index in [1.54, 1.807) is 11.3 Å². The number of thiophene rings is 1. The summed E-state index contributed by atoms with van der Waals surface area (Å²) in [6.07, 6.45) is 3.67. The summed E-state index contributed by atoms with van der Waals surface area (Å²) in [5.41, 5.74) is 8.99. The van der Waals surface area contributed by atoms with E-state index in [4.69, 9.17) is 5.73 Å². The number of guanidine groups is 1. The first-order chi connectivity index (χ1) is 12.1. The van der Waals surface area contributed by atoms with Crippen LogP contribution >= 0.6 is 11.3 Å². The van der Waals surface area contributed by atoms with Crippen LogP contribution in [0.3, 0.4) is 0 Å². The van der Waals surface area contributed by atoms with Crippen LogP contribution in [-0.4, -0.2) is 47.0 Å². The number of aromatic nitrogens is 2. The van der Waals surface area contributed by atoms with Gasteiger partial charge in [0, 0.05) is 12.2 Å². The minimum Gasteiger partial charge on any atom is -0.370 e. The van der Waals surface area contributed by atoms with Crippen molar-refractivity contribution in [3.8, 4) is 10.6 Å². The molecule has 2 aromatic heterocycles. The van der Waals surface area contributed by atoms with Crippen molar-refractivity contribution >= 4 is 23.2 Å². The van der Waals surface area contributed by atoms with Crippen LogP contribution in [0.1, 0.15) is 30.5 Å². The number of hydrogen-bond acceptors (Lipinski definition) is 5. The highest BCUT2D eigenvalue weighted by Crippen LogP contribution is 2.27. The van der Waals surface area contributed by atoms with Crippen LogP contribution in [0.2, 0.25) is 0 Å². The largest absolute Gasteiger partial charge is 0.370 e. The first-order valence-corrected chi connectivity index (χ1v) is 9.70. The van der Waals surface area contributed by atoms with Gasteiger partial charge in [0.05, 0.1) is 10.6 Å². The molecule has 7 heteroatoms. The molecule has 0 amide bonds. The fourth-order valence-electron chi connectivity index (χ4n) is 2.99. The summed E-state index contributed by atoms with van der Waals surface area (Å²) in [4.78, 5) is 17.1. The third-order valence-electron chi connectivity index (χ3n) is 4.50. The average Bonchev–Trinajstić information content (AvgIpc) is 3.28. The van der Waals surface area contributed by atoms with Crippen LogP contribution in [-0.2, 0) is 0 Å². The van der Waals surface area contributed by atoms with Crippen LogP contribution in [0.5, 0.6) is 0 Å². The maximum absolute atomic E-state index is 6.00. The van der Waals surface area contributed by atoms with E-state index >= 15 is 0 Å². The van der Waals surface area contributed by atoms with Crippen LogP contribution in [0, 0.1) is 13.8 Å². The van der Waals surface area contributed by atoms with Gasteiger partial charge in [0.25, 0.3) is 0 Å². The molecule has 1 aliphatic heterocycles. The van der Waals surface area contributed by atoms with E-state index < -0.39 is 0 Å². The third-order valence-corrected chi connectivity index (χ3v) is 5.37. The van der Waals surface area contributed by atoms with Gasteiger partial charge in [-0.3, -0.25) is 10.3 Å². The second kappa shape index (κ2) is 8.40. The summed E-state index contributed by atoms with van der Waals surface area (Å²) < 4.78 is 0. The Bertz CT molecular complexity index is 719. The number of nitrogens with zero attached hydrogens (tertiary/aromatic N) is 4. The fraction of sp³-hybridized carbons (Fsp3) is 0.500. The second-order valence-corrected chi connectivity index (χ2v) is 7.33. The van der Waals surface area contributed by atoms with Crippen molar-refractivity contribution in [1.29, 1.82) is 0 Å². The number of hydrogen-bond donors (Lipinski definition) is 2. The van der Waals surface area contributed by atoms with Gasteiger partial charge in [0.15, 0.2) is 5.96 Å². The lowest BCUT2D eigenvalue weighted by atomic mass is 10.1. The van der Waals surface area contributed by atoms with Crippen LogP contribution < -0.4 is 11.1 Å². The topological polar surface area (TPSA) is 79.4 Å². The smallest absolute Gasteiger partial charge is 0.230 e. The van der Waals surface area contributed by atoms with Crippen molar-refractivity contribution in [1.82, 2.24) is 14.9 Å². The number of likely N-dealkylation sites (tertiary alicyclic amines) is 1. The van der Waals surface area contributed by atoms with Gasteiger partial charge >= 0.3 is 0 Å². The highest BCUT2D eigenvalue weighted by atomic mass is 32.1. The first kappa shape index (κ1) is 17.8. The van der Waals surface area contributed by atoms with E-state index in [0.717, 1.165) is 41.3 Å². The predicted molar refractivity (Wildman–Crippen MR) is 105 cm³/mol. The van der Waals surface area contributed by atoms with E-state index in [1.165, 1.54) is 25.9 Å². The molecule has 0 aliphatic carbocycles. The lowest BCUT2D eigenvalue weighted by Gasteiger charge is -2.13. The summed E-state index contributed by atoms with van der Waals surface area (Å²) in [6.45, 7) is 8.29. The van der Waals surface area contributed by atoms with Gasteiger partial charge in [-0.1, -0.05) is 6.07 Å². The summed E-state index contributed by atoms with van der Waals surface area (Å²) in [5.74, 6) is 0.883. The molecule has 134 valence electrons. The number of anilines is 1. The Morgan fingerprint density at radius 2 is 2.12 bits per heavy atom. The SMILES string of the molecule is Cc1nc(NC(N)=NCCCN2CCCC2)nc(-c2cccs2)c1C. The number of nitrogens with two attached hydrogens (primary N) is 1. The minimum absolute atomic E-state index is 0.377. The number of aliphatic imine (C=N–C) groups is 1. The Labute approximate surface area is 153 Å². The zero-order valence-electron chi connectivity index (χ0n) is 15.0. The Morgan fingerprint density at radius 3 is 2.84 bits per heavy atom. The Hall–Kier alpha value is -1.99. The van der Waals surface area contributed by atoms with Crippen LogP contribution in [0.4, 0.5) is 5.95 Å². The van der Waals surface area contributed by atoms with E-state index in [-0.39, 0.29) is 0 Å². The molecule has 0 aromatic carbocycles. The van der Waals surface area contributed by atoms with Gasteiger partial charge in [0.2, 0.25) is 5.95 Å².